The van der Waals surface area contributed by atoms with Crippen LogP contribution in [0, 0.1) is 5.41 Å². The van der Waals surface area contributed by atoms with Gasteiger partial charge in [-0.1, -0.05) is 50.1 Å². The summed E-state index contributed by atoms with van der Waals surface area (Å²) in [4.78, 5) is 46.8. The highest BCUT2D eigenvalue weighted by atomic mass is 16.6. The molecule has 0 fully saturated rings. The molecular weight excluding hydrogens is 404 g/mol. The quantitative estimate of drug-likeness (QED) is 0.268. The summed E-state index contributed by atoms with van der Waals surface area (Å²) < 4.78 is 20.4. The Labute approximate surface area is 180 Å². The summed E-state index contributed by atoms with van der Waals surface area (Å²) in [6.45, 7) is 8.35. The minimum Gasteiger partial charge on any atom is -0.462 e. The van der Waals surface area contributed by atoms with Crippen molar-refractivity contribution in [2.75, 3.05) is 26.4 Å². The fraction of sp³-hybridized carbons (Fsp3) is 0.217. The van der Waals surface area contributed by atoms with Gasteiger partial charge in [-0.25, -0.2) is 19.2 Å². The van der Waals surface area contributed by atoms with E-state index in [1.54, 1.807) is 18.2 Å². The fourth-order valence-corrected chi connectivity index (χ4v) is 2.10. The van der Waals surface area contributed by atoms with E-state index in [2.05, 4.69) is 19.7 Å². The van der Waals surface area contributed by atoms with Crippen LogP contribution in [0.15, 0.2) is 74.4 Å². The van der Waals surface area contributed by atoms with Crippen molar-refractivity contribution in [2.24, 2.45) is 5.41 Å². The van der Waals surface area contributed by atoms with Crippen LogP contribution >= 0.6 is 0 Å². The van der Waals surface area contributed by atoms with Gasteiger partial charge in [0.05, 0.1) is 0 Å². The van der Waals surface area contributed by atoms with Crippen molar-refractivity contribution >= 4 is 30.0 Å². The third-order valence-corrected chi connectivity index (χ3v) is 3.79. The van der Waals surface area contributed by atoms with Gasteiger partial charge in [-0.15, -0.1) is 0 Å². The van der Waals surface area contributed by atoms with E-state index in [1.165, 1.54) is 6.08 Å². The van der Waals surface area contributed by atoms with E-state index in [-0.39, 0.29) is 26.4 Å². The zero-order valence-corrected chi connectivity index (χ0v) is 17.0. The van der Waals surface area contributed by atoms with Gasteiger partial charge in [0.25, 0.3) is 0 Å². The largest absolute Gasteiger partial charge is 0.462 e. The highest BCUT2D eigenvalue weighted by molar-refractivity contribution is 5.87. The van der Waals surface area contributed by atoms with Crippen molar-refractivity contribution in [1.29, 1.82) is 0 Å². The maximum Gasteiger partial charge on any atom is 0.330 e. The molecule has 1 rings (SSSR count). The first-order valence-corrected chi connectivity index (χ1v) is 9.11. The van der Waals surface area contributed by atoms with Gasteiger partial charge in [0.2, 0.25) is 0 Å². The molecule has 8 nitrogen and oxygen atoms in total. The zero-order valence-electron chi connectivity index (χ0n) is 17.0. The van der Waals surface area contributed by atoms with Crippen molar-refractivity contribution in [3.8, 4) is 0 Å². The molecule has 164 valence electrons. The second-order valence-corrected chi connectivity index (χ2v) is 6.29. The number of carbonyl (C=O) groups excluding carboxylic acids is 4. The summed E-state index contributed by atoms with van der Waals surface area (Å²) in [6, 6.07) is 9.06. The molecule has 0 atom stereocenters. The van der Waals surface area contributed by atoms with E-state index in [4.69, 9.17) is 18.9 Å². The van der Waals surface area contributed by atoms with E-state index in [0.717, 1.165) is 23.8 Å². The third-order valence-electron chi connectivity index (χ3n) is 3.79. The fourth-order valence-electron chi connectivity index (χ4n) is 2.10. The van der Waals surface area contributed by atoms with Gasteiger partial charge < -0.3 is 18.9 Å². The highest BCUT2D eigenvalue weighted by Gasteiger charge is 2.37. The second kappa shape index (κ2) is 13.3. The molecule has 0 saturated heterocycles. The molecule has 1 aromatic rings. The van der Waals surface area contributed by atoms with Gasteiger partial charge in [-0.2, -0.15) is 0 Å². The molecule has 31 heavy (non-hydrogen) atoms. The van der Waals surface area contributed by atoms with Crippen LogP contribution in [-0.4, -0.2) is 50.3 Å². The number of hydrogen-bond donors (Lipinski definition) is 0. The van der Waals surface area contributed by atoms with Crippen LogP contribution in [0.5, 0.6) is 0 Å². The van der Waals surface area contributed by atoms with E-state index in [1.807, 2.05) is 18.2 Å². The molecule has 0 aliphatic rings. The number of carbonyl (C=O) groups is 4. The Bertz CT molecular complexity index is 779. The minimum absolute atomic E-state index is 0.385. The molecule has 0 aromatic heterocycles. The van der Waals surface area contributed by atoms with Crippen LogP contribution < -0.4 is 0 Å². The predicted octanol–water partition coefficient (Wildman–Crippen LogP) is 2.42. The van der Waals surface area contributed by atoms with Crippen LogP contribution in [0.3, 0.4) is 0 Å². The zero-order chi connectivity index (χ0) is 23.1. The Morgan fingerprint density at radius 1 is 0.677 bits per heavy atom. The molecule has 0 unspecified atom stereocenters. The number of rotatable bonds is 13. The first-order chi connectivity index (χ1) is 14.8. The number of benzene rings is 1. The molecule has 0 aliphatic carbocycles. The lowest BCUT2D eigenvalue weighted by Gasteiger charge is -2.31. The molecule has 0 saturated carbocycles. The van der Waals surface area contributed by atoms with Crippen molar-refractivity contribution < 1.29 is 38.1 Å². The Hall–Kier alpha value is -3.94. The lowest BCUT2D eigenvalue weighted by Crippen LogP contribution is -2.43. The van der Waals surface area contributed by atoms with Gasteiger partial charge in [-0.3, -0.25) is 0 Å². The summed E-state index contributed by atoms with van der Waals surface area (Å²) in [7, 11) is 0. The SMILES string of the molecule is C=CC(=O)OCC(COC(=O)C=C)(COC(=O)C=C)COC(=O)/C=C/c1ccccc1. The van der Waals surface area contributed by atoms with E-state index in [0.29, 0.717) is 0 Å². The number of esters is 4. The summed E-state index contributed by atoms with van der Waals surface area (Å²) in [5, 5.41) is 0. The molecule has 0 radical (unpaired) electrons. The number of ether oxygens (including phenoxy) is 4. The lowest BCUT2D eigenvalue weighted by molar-refractivity contribution is -0.164. The van der Waals surface area contributed by atoms with Crippen molar-refractivity contribution in [3.05, 3.63) is 79.9 Å². The average molecular weight is 428 g/mol. The summed E-state index contributed by atoms with van der Waals surface area (Å²) in [5.41, 5.74) is -0.586. The molecule has 8 heteroatoms. The smallest absolute Gasteiger partial charge is 0.330 e. The Morgan fingerprint density at radius 2 is 1.06 bits per heavy atom. The Morgan fingerprint density at radius 3 is 1.45 bits per heavy atom. The summed E-state index contributed by atoms with van der Waals surface area (Å²) >= 11 is 0. The molecule has 0 N–H and O–H groups in total. The number of hydrogen-bond acceptors (Lipinski definition) is 8. The molecular formula is C23H24O8. The molecule has 0 heterocycles. The molecule has 0 amide bonds. The maximum atomic E-state index is 12.2. The van der Waals surface area contributed by atoms with Crippen LogP contribution in [0.2, 0.25) is 0 Å². The van der Waals surface area contributed by atoms with Gasteiger partial charge in [0.1, 0.15) is 31.8 Å². The molecule has 0 bridgehead atoms. The van der Waals surface area contributed by atoms with Gasteiger partial charge >= 0.3 is 23.9 Å². The van der Waals surface area contributed by atoms with E-state index < -0.39 is 29.3 Å². The maximum absolute atomic E-state index is 12.2. The molecule has 0 spiro atoms. The van der Waals surface area contributed by atoms with Crippen LogP contribution in [0.4, 0.5) is 0 Å². The minimum atomic E-state index is -1.37. The first-order valence-electron chi connectivity index (χ1n) is 9.11. The summed E-state index contributed by atoms with van der Waals surface area (Å²) in [6.07, 6.45) is 5.57. The highest BCUT2D eigenvalue weighted by Crippen LogP contribution is 2.22. The molecule has 1 aromatic carbocycles. The van der Waals surface area contributed by atoms with Crippen molar-refractivity contribution in [2.45, 2.75) is 0 Å². The van der Waals surface area contributed by atoms with Gasteiger partial charge in [-0.05, 0) is 11.6 Å². The monoisotopic (exact) mass is 428 g/mol. The summed E-state index contributed by atoms with van der Waals surface area (Å²) in [5.74, 6) is -2.98. The normalized spacial score (nSPS) is 10.6. The Kier molecular flexibility index (Phi) is 10.8. The standard InChI is InChI=1S/C23H24O8/c1-4-19(24)28-14-23(15-29-20(25)5-2,16-30-21(26)6-3)17-31-22(27)13-12-18-10-8-7-9-11-18/h4-13H,1-3,14-17H2/b13-12+. The van der Waals surface area contributed by atoms with Crippen LogP contribution in [-0.2, 0) is 38.1 Å². The van der Waals surface area contributed by atoms with Crippen LogP contribution in [0.1, 0.15) is 5.56 Å². The second-order valence-electron chi connectivity index (χ2n) is 6.29. The van der Waals surface area contributed by atoms with Crippen LogP contribution in [0.25, 0.3) is 6.08 Å². The van der Waals surface area contributed by atoms with E-state index in [9.17, 15) is 19.2 Å². The molecule has 0 aliphatic heterocycles. The Balaban J connectivity index is 2.97. The van der Waals surface area contributed by atoms with Crippen molar-refractivity contribution in [3.63, 3.8) is 0 Å². The van der Waals surface area contributed by atoms with E-state index >= 15 is 0 Å². The average Bonchev–Trinajstić information content (AvgIpc) is 2.81. The van der Waals surface area contributed by atoms with Gasteiger partial charge in [0.15, 0.2) is 0 Å². The lowest BCUT2D eigenvalue weighted by atomic mass is 9.92. The first kappa shape index (κ1) is 25.1. The van der Waals surface area contributed by atoms with Gasteiger partial charge in [0, 0.05) is 24.3 Å². The van der Waals surface area contributed by atoms with Crippen molar-refractivity contribution in [1.82, 2.24) is 0 Å². The third kappa shape index (κ3) is 9.89. The topological polar surface area (TPSA) is 105 Å². The predicted molar refractivity (Wildman–Crippen MR) is 112 cm³/mol.